The van der Waals surface area contributed by atoms with Gasteiger partial charge in [-0.2, -0.15) is 18.4 Å². The molecule has 3 aromatic heterocycles. The zero-order valence-electron chi connectivity index (χ0n) is 17.9. The van der Waals surface area contributed by atoms with E-state index in [1.54, 1.807) is 19.9 Å². The predicted octanol–water partition coefficient (Wildman–Crippen LogP) is 3.67. The third-order valence-electron chi connectivity index (χ3n) is 4.46. The van der Waals surface area contributed by atoms with Gasteiger partial charge in [0.15, 0.2) is 17.1 Å². The summed E-state index contributed by atoms with van der Waals surface area (Å²) in [6.45, 7) is 5.14. The summed E-state index contributed by atoms with van der Waals surface area (Å²) in [5, 5.41) is 9.19. The van der Waals surface area contributed by atoms with Gasteiger partial charge in [-0.05, 0) is 31.7 Å². The van der Waals surface area contributed by atoms with Gasteiger partial charge in [-0.1, -0.05) is 6.92 Å². The van der Waals surface area contributed by atoms with Crippen molar-refractivity contribution in [2.45, 2.75) is 37.4 Å². The van der Waals surface area contributed by atoms with Crippen LogP contribution in [0.1, 0.15) is 26.5 Å². The summed E-state index contributed by atoms with van der Waals surface area (Å²) in [6.07, 6.45) is -3.41. The van der Waals surface area contributed by atoms with Crippen molar-refractivity contribution in [3.8, 4) is 23.3 Å². The number of rotatable bonds is 6. The molecule has 170 valence electrons. The maximum Gasteiger partial charge on any atom is 0.435 e. The smallest absolute Gasteiger partial charge is 0.435 e. The zero-order valence-corrected chi connectivity index (χ0v) is 18.8. The first kappa shape index (κ1) is 23.5. The zero-order chi connectivity index (χ0) is 23.8. The first-order valence-corrected chi connectivity index (χ1v) is 10.4. The van der Waals surface area contributed by atoms with Crippen LogP contribution >= 0.6 is 11.8 Å². The van der Waals surface area contributed by atoms with E-state index in [4.69, 9.17) is 9.57 Å². The second kappa shape index (κ2) is 8.38. The number of nitrogens with zero attached hydrogens (tertiary/aromatic N) is 5. The first-order valence-electron chi connectivity index (χ1n) is 9.41. The van der Waals surface area contributed by atoms with E-state index < -0.39 is 23.0 Å². The normalized spacial score (nSPS) is 12.1. The predicted molar refractivity (Wildman–Crippen MR) is 112 cm³/mol. The van der Waals surface area contributed by atoms with Crippen LogP contribution in [0.25, 0.3) is 22.6 Å². The molecule has 0 unspecified atom stereocenters. The lowest BCUT2D eigenvalue weighted by atomic mass is 10.2. The Balaban J connectivity index is 2.24. The summed E-state index contributed by atoms with van der Waals surface area (Å²) in [5.41, 5.74) is -3.15. The van der Waals surface area contributed by atoms with Gasteiger partial charge in [0, 0.05) is 11.9 Å². The van der Waals surface area contributed by atoms with Gasteiger partial charge in [-0.3, -0.25) is 4.79 Å². The van der Waals surface area contributed by atoms with Crippen LogP contribution in [0, 0.1) is 11.3 Å². The minimum atomic E-state index is -4.81. The van der Waals surface area contributed by atoms with Crippen molar-refractivity contribution in [1.29, 1.82) is 5.26 Å². The Morgan fingerprint density at radius 2 is 1.97 bits per heavy atom. The average molecular weight is 467 g/mol. The Hall–Kier alpha value is -3.20. The molecular formula is C20H20F3N5O3S. The topological polar surface area (TPSA) is 95.0 Å². The number of nitriles is 1. The van der Waals surface area contributed by atoms with Crippen molar-refractivity contribution < 1.29 is 22.7 Å². The van der Waals surface area contributed by atoms with E-state index in [-0.39, 0.29) is 21.6 Å². The largest absolute Gasteiger partial charge is 0.471 e. The van der Waals surface area contributed by atoms with Crippen molar-refractivity contribution in [3.63, 3.8) is 0 Å². The van der Waals surface area contributed by atoms with Crippen LogP contribution < -0.4 is 15.1 Å². The van der Waals surface area contributed by atoms with Crippen molar-refractivity contribution in [2.24, 2.45) is 7.05 Å². The number of ether oxygens (including phenoxy) is 1. The van der Waals surface area contributed by atoms with Crippen molar-refractivity contribution >= 4 is 22.8 Å². The molecule has 0 aliphatic rings. The lowest BCUT2D eigenvalue weighted by molar-refractivity contribution is -0.151. The molecule has 0 aromatic carbocycles. The van der Waals surface area contributed by atoms with Gasteiger partial charge in [-0.25, -0.2) is 9.97 Å². The molecule has 0 saturated heterocycles. The molecule has 0 spiro atoms. The minimum absolute atomic E-state index is 0.0601. The second-order valence-electron chi connectivity index (χ2n) is 7.21. The van der Waals surface area contributed by atoms with Crippen LogP contribution in [0.2, 0.25) is 0 Å². The molecule has 32 heavy (non-hydrogen) atoms. The molecule has 3 aromatic rings. The van der Waals surface area contributed by atoms with Gasteiger partial charge in [0.1, 0.15) is 30.1 Å². The highest BCUT2D eigenvalue weighted by Gasteiger charge is 2.37. The maximum absolute atomic E-state index is 13.4. The molecule has 0 fully saturated rings. The number of hydrogen-bond donors (Lipinski definition) is 0. The standard InChI is InChI=1S/C20H20F3N5O3S/c1-6-32-13-7-11(31-19(2,3)10-24)9-25-15(13)17-26-12-8-14(20(21,22)23)28(30-5)18(29)16(12)27(17)4/h7-9H,6H2,1-5H3. The minimum Gasteiger partial charge on any atom is -0.471 e. The summed E-state index contributed by atoms with van der Waals surface area (Å²) < 4.78 is 47.5. The molecule has 0 amide bonds. The summed E-state index contributed by atoms with van der Waals surface area (Å²) >= 11 is 1.42. The quantitative estimate of drug-likeness (QED) is 0.511. The number of aromatic nitrogens is 4. The van der Waals surface area contributed by atoms with Crippen LogP contribution in [0.3, 0.4) is 0 Å². The van der Waals surface area contributed by atoms with E-state index in [0.717, 1.165) is 13.2 Å². The number of aryl methyl sites for hydroxylation is 1. The monoisotopic (exact) mass is 467 g/mol. The molecule has 0 aliphatic heterocycles. The van der Waals surface area contributed by atoms with Gasteiger partial charge in [0.2, 0.25) is 0 Å². The number of hydrogen-bond acceptors (Lipinski definition) is 7. The fourth-order valence-electron chi connectivity index (χ4n) is 3.09. The van der Waals surface area contributed by atoms with E-state index in [1.807, 2.05) is 13.0 Å². The van der Waals surface area contributed by atoms with Crippen LogP contribution in [0.5, 0.6) is 5.75 Å². The molecule has 3 heterocycles. The average Bonchev–Trinajstić information content (AvgIpc) is 3.04. The summed E-state index contributed by atoms with van der Waals surface area (Å²) in [7, 11) is 2.50. The summed E-state index contributed by atoms with van der Waals surface area (Å²) in [6, 6.07) is 4.49. The highest BCUT2D eigenvalue weighted by molar-refractivity contribution is 7.99. The molecule has 0 aliphatic carbocycles. The van der Waals surface area contributed by atoms with Gasteiger partial charge >= 0.3 is 11.7 Å². The number of fused-ring (bicyclic) bond motifs is 1. The molecule has 0 atom stereocenters. The molecule has 8 nitrogen and oxygen atoms in total. The first-order chi connectivity index (χ1) is 14.9. The summed E-state index contributed by atoms with van der Waals surface area (Å²) in [4.78, 5) is 26.7. The Morgan fingerprint density at radius 3 is 2.53 bits per heavy atom. The third-order valence-corrected chi connectivity index (χ3v) is 5.37. The van der Waals surface area contributed by atoms with Gasteiger partial charge in [0.05, 0.1) is 11.7 Å². The molecule has 0 radical (unpaired) electrons. The van der Waals surface area contributed by atoms with E-state index in [9.17, 15) is 23.2 Å². The van der Waals surface area contributed by atoms with E-state index in [0.29, 0.717) is 22.1 Å². The Labute approximate surface area is 185 Å². The molecule has 0 N–H and O–H groups in total. The molecule has 0 saturated carbocycles. The molecular weight excluding hydrogens is 447 g/mol. The van der Waals surface area contributed by atoms with E-state index >= 15 is 0 Å². The Kier molecular flexibility index (Phi) is 6.15. The Morgan fingerprint density at radius 1 is 1.28 bits per heavy atom. The number of pyridine rings is 2. The number of halogens is 3. The van der Waals surface area contributed by atoms with E-state index in [1.165, 1.54) is 29.6 Å². The van der Waals surface area contributed by atoms with Crippen molar-refractivity contribution in [1.82, 2.24) is 19.3 Å². The Bertz CT molecular complexity index is 1270. The summed E-state index contributed by atoms with van der Waals surface area (Å²) in [5.74, 6) is 1.23. The lowest BCUT2D eigenvalue weighted by Crippen LogP contribution is -2.32. The molecule has 3 rings (SSSR count). The van der Waals surface area contributed by atoms with Crippen LogP contribution in [0.4, 0.5) is 13.2 Å². The number of thioether (sulfide) groups is 1. The lowest BCUT2D eigenvalue weighted by Gasteiger charge is -2.19. The van der Waals surface area contributed by atoms with Gasteiger partial charge < -0.3 is 14.1 Å². The molecule has 12 heteroatoms. The number of alkyl halides is 3. The van der Waals surface area contributed by atoms with Gasteiger partial charge in [0.25, 0.3) is 0 Å². The van der Waals surface area contributed by atoms with Crippen LogP contribution in [-0.4, -0.2) is 37.7 Å². The maximum atomic E-state index is 13.4. The third kappa shape index (κ3) is 4.25. The van der Waals surface area contributed by atoms with Gasteiger partial charge in [-0.15, -0.1) is 16.5 Å². The second-order valence-corrected chi connectivity index (χ2v) is 8.52. The fourth-order valence-corrected chi connectivity index (χ4v) is 3.88. The SMILES string of the molecule is CCSc1cc(OC(C)(C)C#N)cnc1-c1nc2cc(C(F)(F)F)n(OC)c(=O)c2n1C. The van der Waals surface area contributed by atoms with Crippen LogP contribution in [-0.2, 0) is 13.2 Å². The van der Waals surface area contributed by atoms with Crippen molar-refractivity contribution in [3.05, 3.63) is 34.4 Å². The highest BCUT2D eigenvalue weighted by atomic mass is 32.2. The van der Waals surface area contributed by atoms with Crippen LogP contribution in [0.15, 0.2) is 28.0 Å². The number of imidazole rings is 1. The highest BCUT2D eigenvalue weighted by Crippen LogP contribution is 2.35. The fraction of sp³-hybridized carbons (Fsp3) is 0.400. The molecule has 0 bridgehead atoms. The van der Waals surface area contributed by atoms with Crippen molar-refractivity contribution in [2.75, 3.05) is 12.9 Å². The van der Waals surface area contributed by atoms with E-state index in [2.05, 4.69) is 9.97 Å².